The van der Waals surface area contributed by atoms with Gasteiger partial charge in [0.1, 0.15) is 0 Å². The van der Waals surface area contributed by atoms with Gasteiger partial charge in [-0.05, 0) is 35.6 Å². The van der Waals surface area contributed by atoms with E-state index in [1.807, 2.05) is 6.92 Å². The highest BCUT2D eigenvalue weighted by atomic mass is 19.4. The molecule has 1 saturated carbocycles. The number of benzene rings is 2. The first-order valence-electron chi connectivity index (χ1n) is 9.00. The first-order chi connectivity index (χ1) is 13.0. The van der Waals surface area contributed by atoms with Gasteiger partial charge in [0.2, 0.25) is 0 Å². The smallest absolute Gasteiger partial charge is 0.377 e. The van der Waals surface area contributed by atoms with Gasteiger partial charge in [0.05, 0.1) is 22.6 Å². The summed E-state index contributed by atoms with van der Waals surface area (Å²) in [5.41, 5.74) is -2.07. The summed E-state index contributed by atoms with van der Waals surface area (Å²) in [4.78, 5) is 0. The van der Waals surface area contributed by atoms with Gasteiger partial charge >= 0.3 is 12.4 Å². The molecule has 28 heavy (non-hydrogen) atoms. The molecule has 2 atom stereocenters. The Hall–Kier alpha value is -2.02. The molecule has 0 aliphatic heterocycles. The summed E-state index contributed by atoms with van der Waals surface area (Å²) in [7, 11) is 0. The molecule has 2 aromatic carbocycles. The lowest BCUT2D eigenvalue weighted by atomic mass is 9.84. The summed E-state index contributed by atoms with van der Waals surface area (Å²) >= 11 is 0. The predicted octanol–water partition coefficient (Wildman–Crippen LogP) is 6.46. The van der Waals surface area contributed by atoms with Gasteiger partial charge in [-0.1, -0.05) is 50.2 Å². The van der Waals surface area contributed by atoms with Crippen LogP contribution in [0.15, 0.2) is 48.5 Å². The van der Waals surface area contributed by atoms with E-state index in [-0.39, 0.29) is 5.92 Å². The molecule has 152 valence electrons. The summed E-state index contributed by atoms with van der Waals surface area (Å²) in [6, 6.07) is 9.59. The Morgan fingerprint density at radius 2 is 1.32 bits per heavy atom. The SMILES string of the molecule is CCCOC1C(C)C1(c1cccc(C(F)(F)F)c1)c1cccc(C(F)(F)F)c1. The van der Waals surface area contributed by atoms with E-state index in [1.165, 1.54) is 24.3 Å². The van der Waals surface area contributed by atoms with Gasteiger partial charge < -0.3 is 4.74 Å². The van der Waals surface area contributed by atoms with Crippen molar-refractivity contribution < 1.29 is 31.1 Å². The fourth-order valence-electron chi connectivity index (χ4n) is 3.97. The molecule has 1 nitrogen and oxygen atoms in total. The molecule has 0 aromatic heterocycles. The van der Waals surface area contributed by atoms with Crippen LogP contribution in [-0.2, 0) is 22.5 Å². The molecule has 0 spiro atoms. The highest BCUT2D eigenvalue weighted by molar-refractivity contribution is 5.52. The summed E-state index contributed by atoms with van der Waals surface area (Å²) in [6.07, 6.45) is -8.87. The topological polar surface area (TPSA) is 9.23 Å². The molecule has 2 unspecified atom stereocenters. The highest BCUT2D eigenvalue weighted by Gasteiger charge is 2.65. The van der Waals surface area contributed by atoms with Crippen molar-refractivity contribution in [2.45, 2.75) is 44.1 Å². The second-order valence-electron chi connectivity index (χ2n) is 7.11. The maximum atomic E-state index is 13.2. The molecule has 3 rings (SSSR count). The van der Waals surface area contributed by atoms with E-state index < -0.39 is 35.0 Å². The number of halogens is 6. The Labute approximate surface area is 159 Å². The molecule has 0 radical (unpaired) electrons. The van der Waals surface area contributed by atoms with Crippen LogP contribution in [0.25, 0.3) is 0 Å². The molecule has 7 heteroatoms. The van der Waals surface area contributed by atoms with Crippen LogP contribution in [0.2, 0.25) is 0 Å². The van der Waals surface area contributed by atoms with E-state index >= 15 is 0 Å². The number of hydrogen-bond donors (Lipinski definition) is 0. The third-order valence-corrected chi connectivity index (χ3v) is 5.35. The Morgan fingerprint density at radius 3 is 1.71 bits per heavy atom. The first kappa shape index (κ1) is 20.7. The normalized spacial score (nSPS) is 21.6. The van der Waals surface area contributed by atoms with Gasteiger partial charge in [-0.3, -0.25) is 0 Å². The summed E-state index contributed by atoms with van der Waals surface area (Å²) in [5.74, 6) is -0.258. The van der Waals surface area contributed by atoms with E-state index in [9.17, 15) is 26.3 Å². The zero-order chi connectivity index (χ0) is 20.7. The Bertz CT molecular complexity index is 782. The van der Waals surface area contributed by atoms with E-state index in [0.29, 0.717) is 24.2 Å². The van der Waals surface area contributed by atoms with Crippen molar-refractivity contribution in [1.29, 1.82) is 0 Å². The van der Waals surface area contributed by atoms with E-state index in [0.717, 1.165) is 24.3 Å². The quantitative estimate of drug-likeness (QED) is 0.522. The van der Waals surface area contributed by atoms with Crippen molar-refractivity contribution in [3.63, 3.8) is 0 Å². The van der Waals surface area contributed by atoms with Crippen LogP contribution in [0.4, 0.5) is 26.3 Å². The minimum Gasteiger partial charge on any atom is -0.377 e. The van der Waals surface area contributed by atoms with Gasteiger partial charge in [-0.15, -0.1) is 0 Å². The van der Waals surface area contributed by atoms with Crippen LogP contribution in [0.5, 0.6) is 0 Å². The summed E-state index contributed by atoms with van der Waals surface area (Å²) < 4.78 is 85.1. The first-order valence-corrected chi connectivity index (χ1v) is 9.00. The number of hydrogen-bond acceptors (Lipinski definition) is 1. The van der Waals surface area contributed by atoms with Crippen molar-refractivity contribution >= 4 is 0 Å². The molecule has 0 heterocycles. The fourth-order valence-corrected chi connectivity index (χ4v) is 3.97. The van der Waals surface area contributed by atoms with E-state index in [2.05, 4.69) is 0 Å². The van der Waals surface area contributed by atoms with Crippen LogP contribution < -0.4 is 0 Å². The van der Waals surface area contributed by atoms with Crippen molar-refractivity contribution in [1.82, 2.24) is 0 Å². The standard InChI is InChI=1S/C21H20F6O/c1-3-10-28-18-13(2)19(18,14-6-4-8-16(11-14)20(22,23)24)15-7-5-9-17(12-15)21(25,26)27/h4-9,11-13,18H,3,10H2,1-2H3. The maximum absolute atomic E-state index is 13.2. The lowest BCUT2D eigenvalue weighted by Crippen LogP contribution is -2.20. The zero-order valence-electron chi connectivity index (χ0n) is 15.4. The molecule has 1 fully saturated rings. The van der Waals surface area contributed by atoms with Crippen LogP contribution >= 0.6 is 0 Å². The highest BCUT2D eigenvalue weighted by Crippen LogP contribution is 2.61. The number of alkyl halides is 6. The lowest BCUT2D eigenvalue weighted by Gasteiger charge is -2.22. The van der Waals surface area contributed by atoms with Crippen LogP contribution in [0, 0.1) is 5.92 Å². The molecule has 1 aliphatic rings. The number of rotatable bonds is 5. The van der Waals surface area contributed by atoms with E-state index in [4.69, 9.17) is 4.74 Å². The molecule has 0 N–H and O–H groups in total. The zero-order valence-corrected chi connectivity index (χ0v) is 15.4. The van der Waals surface area contributed by atoms with Gasteiger partial charge in [0, 0.05) is 6.61 Å². The van der Waals surface area contributed by atoms with Crippen molar-refractivity contribution in [3.05, 3.63) is 70.8 Å². The molecular weight excluding hydrogens is 382 g/mol. The summed E-state index contributed by atoms with van der Waals surface area (Å²) in [6.45, 7) is 4.07. The van der Waals surface area contributed by atoms with Crippen molar-refractivity contribution in [3.8, 4) is 0 Å². The molecule has 0 saturated heterocycles. The average molecular weight is 402 g/mol. The van der Waals surface area contributed by atoms with Crippen molar-refractivity contribution in [2.24, 2.45) is 5.92 Å². The largest absolute Gasteiger partial charge is 0.416 e. The van der Waals surface area contributed by atoms with E-state index in [1.54, 1.807) is 6.92 Å². The van der Waals surface area contributed by atoms with Crippen molar-refractivity contribution in [2.75, 3.05) is 6.61 Å². The van der Waals surface area contributed by atoms with Crippen LogP contribution in [-0.4, -0.2) is 12.7 Å². The second-order valence-corrected chi connectivity index (χ2v) is 7.11. The van der Waals surface area contributed by atoms with Gasteiger partial charge in [0.15, 0.2) is 0 Å². The van der Waals surface area contributed by atoms with Crippen LogP contribution in [0.1, 0.15) is 42.5 Å². The molecule has 0 bridgehead atoms. The van der Waals surface area contributed by atoms with Crippen LogP contribution in [0.3, 0.4) is 0 Å². The minimum atomic E-state index is -4.54. The third kappa shape index (κ3) is 3.52. The van der Waals surface area contributed by atoms with Gasteiger partial charge in [-0.2, -0.15) is 26.3 Å². The molecular formula is C21H20F6O. The third-order valence-electron chi connectivity index (χ3n) is 5.35. The van der Waals surface area contributed by atoms with Gasteiger partial charge in [-0.25, -0.2) is 0 Å². The average Bonchev–Trinajstić information content (AvgIpc) is 3.23. The fraction of sp³-hybridized carbons (Fsp3) is 0.429. The minimum absolute atomic E-state index is 0.258. The predicted molar refractivity (Wildman–Crippen MR) is 92.9 cm³/mol. The molecule has 2 aromatic rings. The lowest BCUT2D eigenvalue weighted by molar-refractivity contribution is -0.138. The Morgan fingerprint density at radius 1 is 0.857 bits per heavy atom. The molecule has 1 aliphatic carbocycles. The summed E-state index contributed by atoms with van der Waals surface area (Å²) in [5, 5.41) is 0. The Balaban J connectivity index is 2.14. The monoisotopic (exact) mass is 402 g/mol. The Kier molecular flexibility index (Phi) is 5.25. The molecule has 0 amide bonds. The maximum Gasteiger partial charge on any atom is 0.416 e. The number of ether oxygens (including phenoxy) is 1. The second kappa shape index (κ2) is 7.10. The van der Waals surface area contributed by atoms with Gasteiger partial charge in [0.25, 0.3) is 0 Å².